The van der Waals surface area contributed by atoms with Gasteiger partial charge >= 0.3 is 0 Å². The molecule has 1 aromatic rings. The summed E-state index contributed by atoms with van der Waals surface area (Å²) in [5.41, 5.74) is 7.35. The summed E-state index contributed by atoms with van der Waals surface area (Å²) in [4.78, 5) is 4.47. The lowest BCUT2D eigenvalue weighted by Crippen LogP contribution is -2.37. The molecule has 2 rings (SSSR count). The highest BCUT2D eigenvalue weighted by Gasteiger charge is 2.24. The summed E-state index contributed by atoms with van der Waals surface area (Å²) < 4.78 is 10.9. The molecule has 18 heavy (non-hydrogen) atoms. The molecule has 0 saturated heterocycles. The molecule has 0 spiro atoms. The molecule has 1 heterocycles. The Kier molecular flexibility index (Phi) is 4.04. The van der Waals surface area contributed by atoms with Crippen molar-refractivity contribution in [3.8, 4) is 5.75 Å². The van der Waals surface area contributed by atoms with E-state index in [0.717, 1.165) is 23.7 Å². The Hall–Kier alpha value is -1.75. The number of nitrogen functional groups attached to an aromatic ring is 1. The first-order chi connectivity index (χ1) is 8.74. The predicted molar refractivity (Wildman–Crippen MR) is 73.4 cm³/mol. The number of benzene rings is 1. The third kappa shape index (κ3) is 2.73. The van der Waals surface area contributed by atoms with Crippen LogP contribution in [0.25, 0.3) is 0 Å². The number of ether oxygens (including phenoxy) is 2. The van der Waals surface area contributed by atoms with Crippen LogP contribution in [-0.2, 0) is 4.74 Å². The number of fused-ring (bicyclic) bond motifs is 1. The molecule has 1 atom stereocenters. The Labute approximate surface area is 107 Å². The third-order valence-electron chi connectivity index (χ3n) is 2.79. The second-order valence-corrected chi connectivity index (χ2v) is 4.16. The van der Waals surface area contributed by atoms with E-state index in [1.54, 1.807) is 7.11 Å². The molecule has 1 unspecified atom stereocenters. The number of hydrogen-bond acceptors (Lipinski definition) is 4. The van der Waals surface area contributed by atoms with Crippen molar-refractivity contribution in [1.82, 2.24) is 0 Å². The molecule has 5 heteroatoms. The monoisotopic (exact) mass is 249 g/mol. The summed E-state index contributed by atoms with van der Waals surface area (Å²) in [6.45, 7) is 3.30. The van der Waals surface area contributed by atoms with E-state index in [0.29, 0.717) is 18.8 Å². The largest absolute Gasteiger partial charge is 0.480 e. The van der Waals surface area contributed by atoms with Gasteiger partial charge in [0.1, 0.15) is 11.6 Å². The molecule has 0 aliphatic carbocycles. The summed E-state index contributed by atoms with van der Waals surface area (Å²) >= 11 is 0. The number of nitrogens with two attached hydrogens (primary N) is 1. The smallest absolute Gasteiger partial charge is 0.155 e. The fraction of sp³-hybridized carbons (Fsp3) is 0.462. The quantitative estimate of drug-likeness (QED) is 0.631. The van der Waals surface area contributed by atoms with Gasteiger partial charge in [-0.2, -0.15) is 0 Å². The minimum atomic E-state index is -0.0452. The first-order valence-electron chi connectivity index (χ1n) is 6.11. The van der Waals surface area contributed by atoms with Crippen LogP contribution in [0.4, 0.5) is 11.4 Å². The molecule has 0 amide bonds. The van der Waals surface area contributed by atoms with Gasteiger partial charge in [0.05, 0.1) is 18.8 Å². The van der Waals surface area contributed by atoms with Crippen LogP contribution in [0.3, 0.4) is 0 Å². The van der Waals surface area contributed by atoms with E-state index in [1.165, 1.54) is 0 Å². The molecule has 0 aromatic heterocycles. The lowest BCUT2D eigenvalue weighted by Gasteiger charge is -2.28. The third-order valence-corrected chi connectivity index (χ3v) is 2.79. The number of hydrogen-bond donors (Lipinski definition) is 2. The molecule has 0 fully saturated rings. The van der Waals surface area contributed by atoms with Crippen LogP contribution >= 0.6 is 0 Å². The minimum absolute atomic E-state index is 0.0452. The first kappa shape index (κ1) is 12.7. The molecule has 0 saturated carbocycles. The zero-order chi connectivity index (χ0) is 13.0. The van der Waals surface area contributed by atoms with Crippen molar-refractivity contribution in [2.75, 3.05) is 31.3 Å². The van der Waals surface area contributed by atoms with Crippen molar-refractivity contribution in [2.45, 2.75) is 19.4 Å². The van der Waals surface area contributed by atoms with Crippen LogP contribution < -0.4 is 15.8 Å². The lowest BCUT2D eigenvalue weighted by atomic mass is 10.1. The van der Waals surface area contributed by atoms with Crippen LogP contribution in [0.1, 0.15) is 13.3 Å². The molecule has 0 radical (unpaired) electrons. The highest BCUT2D eigenvalue weighted by atomic mass is 16.5. The van der Waals surface area contributed by atoms with Gasteiger partial charge < -0.3 is 20.5 Å². The van der Waals surface area contributed by atoms with Crippen LogP contribution in [0, 0.1) is 0 Å². The van der Waals surface area contributed by atoms with Gasteiger partial charge in [0.15, 0.2) is 6.10 Å². The van der Waals surface area contributed by atoms with Gasteiger partial charge in [-0.1, -0.05) is 6.92 Å². The zero-order valence-corrected chi connectivity index (χ0v) is 10.8. The van der Waals surface area contributed by atoms with Crippen LogP contribution in [0.5, 0.6) is 5.75 Å². The zero-order valence-electron chi connectivity index (χ0n) is 10.8. The second-order valence-electron chi connectivity index (χ2n) is 4.16. The van der Waals surface area contributed by atoms with Crippen molar-refractivity contribution >= 4 is 17.2 Å². The van der Waals surface area contributed by atoms with Gasteiger partial charge in [-0.15, -0.1) is 0 Å². The fourth-order valence-corrected chi connectivity index (χ4v) is 1.84. The van der Waals surface area contributed by atoms with E-state index in [-0.39, 0.29) is 6.10 Å². The molecular formula is C13H19N3O2. The highest BCUT2D eigenvalue weighted by Crippen LogP contribution is 2.32. The molecule has 0 bridgehead atoms. The number of nitrogens with one attached hydrogen (secondary N) is 1. The maximum absolute atomic E-state index is 5.89. The van der Waals surface area contributed by atoms with Crippen LogP contribution in [0.15, 0.2) is 23.2 Å². The van der Waals surface area contributed by atoms with E-state index < -0.39 is 0 Å². The molecule has 1 aromatic carbocycles. The van der Waals surface area contributed by atoms with Crippen molar-refractivity contribution < 1.29 is 9.47 Å². The molecule has 98 valence electrons. The summed E-state index contributed by atoms with van der Waals surface area (Å²) in [6, 6.07) is 5.58. The lowest BCUT2D eigenvalue weighted by molar-refractivity contribution is 0.207. The Balaban J connectivity index is 2.19. The van der Waals surface area contributed by atoms with Crippen LogP contribution in [0.2, 0.25) is 0 Å². The van der Waals surface area contributed by atoms with Gasteiger partial charge in [-0.25, -0.2) is 0 Å². The maximum atomic E-state index is 5.89. The van der Waals surface area contributed by atoms with E-state index >= 15 is 0 Å². The fourth-order valence-electron chi connectivity index (χ4n) is 1.84. The van der Waals surface area contributed by atoms with Gasteiger partial charge in [-0.3, -0.25) is 4.99 Å². The van der Waals surface area contributed by atoms with E-state index in [9.17, 15) is 0 Å². The predicted octanol–water partition coefficient (Wildman–Crippen LogP) is 1.90. The molecule has 1 aliphatic rings. The van der Waals surface area contributed by atoms with E-state index in [2.05, 4.69) is 17.2 Å². The molecular weight excluding hydrogens is 230 g/mol. The first-order valence-corrected chi connectivity index (χ1v) is 6.11. The molecule has 3 N–H and O–H groups in total. The number of aliphatic imine (C=N–C) groups is 1. The Morgan fingerprint density at radius 1 is 1.50 bits per heavy atom. The van der Waals surface area contributed by atoms with E-state index in [4.69, 9.17) is 15.2 Å². The minimum Gasteiger partial charge on any atom is -0.480 e. The van der Waals surface area contributed by atoms with Crippen molar-refractivity contribution in [2.24, 2.45) is 4.99 Å². The topological polar surface area (TPSA) is 68.9 Å². The van der Waals surface area contributed by atoms with Crippen molar-refractivity contribution in [1.29, 1.82) is 0 Å². The summed E-state index contributed by atoms with van der Waals surface area (Å²) in [6.07, 6.45) is 0.809. The van der Waals surface area contributed by atoms with Gasteiger partial charge in [0.2, 0.25) is 0 Å². The molecule has 5 nitrogen and oxygen atoms in total. The average molecular weight is 249 g/mol. The molecule has 1 aliphatic heterocycles. The van der Waals surface area contributed by atoms with E-state index in [1.807, 2.05) is 18.2 Å². The highest BCUT2D eigenvalue weighted by molar-refractivity contribution is 6.02. The SMILES string of the molecule is CCC1Oc2cc(N)ccc2NC1=NCCOC. The van der Waals surface area contributed by atoms with Gasteiger partial charge in [0, 0.05) is 18.9 Å². The van der Waals surface area contributed by atoms with Crippen molar-refractivity contribution in [3.05, 3.63) is 18.2 Å². The Morgan fingerprint density at radius 3 is 3.06 bits per heavy atom. The van der Waals surface area contributed by atoms with Gasteiger partial charge in [-0.05, 0) is 18.6 Å². The number of amidine groups is 1. The number of methoxy groups -OCH3 is 1. The van der Waals surface area contributed by atoms with Crippen LogP contribution in [-0.4, -0.2) is 32.2 Å². The van der Waals surface area contributed by atoms with Gasteiger partial charge in [0.25, 0.3) is 0 Å². The summed E-state index contributed by atoms with van der Waals surface area (Å²) in [7, 11) is 1.67. The van der Waals surface area contributed by atoms with Crippen molar-refractivity contribution in [3.63, 3.8) is 0 Å². The second kappa shape index (κ2) is 5.73. The number of nitrogens with zero attached hydrogens (tertiary/aromatic N) is 1. The Bertz CT molecular complexity index is 446. The average Bonchev–Trinajstić information content (AvgIpc) is 2.38. The standard InChI is InChI=1S/C13H19N3O2/c1-3-11-13(15-6-7-17-2)16-10-5-4-9(14)8-12(10)18-11/h4-5,8,11H,3,6-7,14H2,1-2H3,(H,15,16). The number of rotatable bonds is 4. The number of anilines is 2. The summed E-state index contributed by atoms with van der Waals surface area (Å²) in [5, 5.41) is 3.30. The summed E-state index contributed by atoms with van der Waals surface area (Å²) in [5.74, 6) is 1.64. The normalized spacial score (nSPS) is 20.1. The maximum Gasteiger partial charge on any atom is 0.155 e. The Morgan fingerprint density at radius 2 is 2.33 bits per heavy atom.